The van der Waals surface area contributed by atoms with E-state index in [0.717, 1.165) is 10.8 Å². The number of halogens is 2. The third kappa shape index (κ3) is 4.78. The maximum absolute atomic E-state index is 12.4. The normalized spacial score (nSPS) is 10.6. The van der Waals surface area contributed by atoms with Crippen molar-refractivity contribution in [3.63, 3.8) is 0 Å². The van der Waals surface area contributed by atoms with Gasteiger partial charge >= 0.3 is 12.6 Å². The highest BCUT2D eigenvalue weighted by atomic mass is 19.3. The number of carbonyl (C=O) groups is 2. The highest BCUT2D eigenvalue weighted by Gasteiger charge is 2.17. The van der Waals surface area contributed by atoms with E-state index in [2.05, 4.69) is 10.1 Å². The maximum atomic E-state index is 12.4. The zero-order valence-corrected chi connectivity index (χ0v) is 14.0. The second kappa shape index (κ2) is 8.27. The van der Waals surface area contributed by atoms with Gasteiger partial charge in [0.15, 0.2) is 6.61 Å². The Morgan fingerprint density at radius 1 is 0.926 bits per heavy atom. The summed E-state index contributed by atoms with van der Waals surface area (Å²) in [6.45, 7) is -3.63. The zero-order valence-electron chi connectivity index (χ0n) is 14.0. The van der Waals surface area contributed by atoms with E-state index < -0.39 is 25.1 Å². The number of ether oxygens (including phenoxy) is 2. The summed E-state index contributed by atoms with van der Waals surface area (Å²) in [5.41, 5.74) is 0.368. The van der Waals surface area contributed by atoms with Crippen LogP contribution in [0, 0.1) is 0 Å². The van der Waals surface area contributed by atoms with Gasteiger partial charge in [0.25, 0.3) is 5.91 Å². The van der Waals surface area contributed by atoms with Gasteiger partial charge in [-0.1, -0.05) is 42.5 Å². The van der Waals surface area contributed by atoms with Crippen molar-refractivity contribution >= 4 is 28.3 Å². The van der Waals surface area contributed by atoms with Crippen molar-refractivity contribution in [3.8, 4) is 5.75 Å². The van der Waals surface area contributed by atoms with E-state index in [-0.39, 0.29) is 11.3 Å². The molecular formula is C20H15F2NO4. The monoisotopic (exact) mass is 371 g/mol. The Morgan fingerprint density at radius 2 is 1.63 bits per heavy atom. The van der Waals surface area contributed by atoms with Crippen LogP contribution in [0.25, 0.3) is 10.8 Å². The van der Waals surface area contributed by atoms with Crippen molar-refractivity contribution < 1.29 is 27.8 Å². The SMILES string of the molecule is O=C(COC(=O)c1ccccc1OC(F)F)Nc1ccc2ccccc2c1. The van der Waals surface area contributed by atoms with Crippen LogP contribution in [0.5, 0.6) is 5.75 Å². The second-order valence-electron chi connectivity index (χ2n) is 5.56. The van der Waals surface area contributed by atoms with Crippen LogP contribution in [0.15, 0.2) is 66.7 Å². The molecule has 0 atom stereocenters. The second-order valence-corrected chi connectivity index (χ2v) is 5.56. The third-order valence-electron chi connectivity index (χ3n) is 3.69. The van der Waals surface area contributed by atoms with Crippen LogP contribution >= 0.6 is 0 Å². The molecule has 3 aromatic carbocycles. The third-order valence-corrected chi connectivity index (χ3v) is 3.69. The van der Waals surface area contributed by atoms with Gasteiger partial charge in [-0.3, -0.25) is 4.79 Å². The van der Waals surface area contributed by atoms with Crippen molar-refractivity contribution in [2.24, 2.45) is 0 Å². The van der Waals surface area contributed by atoms with Gasteiger partial charge in [0, 0.05) is 5.69 Å². The van der Waals surface area contributed by atoms with Crippen LogP contribution in [0.4, 0.5) is 14.5 Å². The van der Waals surface area contributed by atoms with E-state index in [1.54, 1.807) is 12.1 Å². The summed E-state index contributed by atoms with van der Waals surface area (Å²) >= 11 is 0. The molecule has 0 spiro atoms. The number of alkyl halides is 2. The Bertz CT molecular complexity index is 975. The number of nitrogens with one attached hydrogen (secondary N) is 1. The number of carbonyl (C=O) groups excluding carboxylic acids is 2. The van der Waals surface area contributed by atoms with Crippen molar-refractivity contribution in [3.05, 3.63) is 72.3 Å². The molecule has 0 bridgehead atoms. The fourth-order valence-electron chi connectivity index (χ4n) is 2.51. The van der Waals surface area contributed by atoms with Gasteiger partial charge in [-0.05, 0) is 35.0 Å². The topological polar surface area (TPSA) is 64.6 Å². The van der Waals surface area contributed by atoms with E-state index in [1.807, 2.05) is 30.3 Å². The molecule has 0 aliphatic carbocycles. The molecule has 0 radical (unpaired) electrons. The van der Waals surface area contributed by atoms with Gasteiger partial charge in [0.2, 0.25) is 0 Å². The molecule has 0 aliphatic heterocycles. The molecule has 138 valence electrons. The van der Waals surface area contributed by atoms with Crippen molar-refractivity contribution in [1.82, 2.24) is 0 Å². The predicted molar refractivity (Wildman–Crippen MR) is 95.9 cm³/mol. The molecule has 7 heteroatoms. The molecule has 0 saturated carbocycles. The minimum Gasteiger partial charge on any atom is -0.452 e. The van der Waals surface area contributed by atoms with Gasteiger partial charge in [0.1, 0.15) is 11.3 Å². The largest absolute Gasteiger partial charge is 0.452 e. The average molecular weight is 371 g/mol. The molecule has 1 N–H and O–H groups in total. The van der Waals surface area contributed by atoms with Crippen LogP contribution in [-0.4, -0.2) is 25.1 Å². The lowest BCUT2D eigenvalue weighted by molar-refractivity contribution is -0.119. The van der Waals surface area contributed by atoms with Crippen LogP contribution in [0.1, 0.15) is 10.4 Å². The number of amides is 1. The Hall–Kier alpha value is -3.48. The summed E-state index contributed by atoms with van der Waals surface area (Å²) in [6.07, 6.45) is 0. The van der Waals surface area contributed by atoms with Crippen LogP contribution in [0.3, 0.4) is 0 Å². The minimum atomic E-state index is -3.07. The lowest BCUT2D eigenvalue weighted by Gasteiger charge is -2.10. The molecule has 0 aliphatic rings. The summed E-state index contributed by atoms with van der Waals surface area (Å²) in [7, 11) is 0. The van der Waals surface area contributed by atoms with Crippen LogP contribution < -0.4 is 10.1 Å². The highest BCUT2D eigenvalue weighted by Crippen LogP contribution is 2.21. The molecule has 3 rings (SSSR count). The molecular weight excluding hydrogens is 356 g/mol. The Morgan fingerprint density at radius 3 is 2.41 bits per heavy atom. The first-order valence-corrected chi connectivity index (χ1v) is 8.02. The quantitative estimate of drug-likeness (QED) is 0.659. The van der Waals surface area contributed by atoms with Gasteiger partial charge in [-0.15, -0.1) is 0 Å². The fraction of sp³-hybridized carbons (Fsp3) is 0.100. The number of hydrogen-bond acceptors (Lipinski definition) is 4. The molecule has 0 aromatic heterocycles. The molecule has 0 saturated heterocycles. The van der Waals surface area contributed by atoms with Gasteiger partial charge in [-0.2, -0.15) is 8.78 Å². The van der Waals surface area contributed by atoms with E-state index in [9.17, 15) is 18.4 Å². The molecule has 1 amide bonds. The van der Waals surface area contributed by atoms with E-state index in [0.29, 0.717) is 5.69 Å². The number of fused-ring (bicyclic) bond motifs is 1. The predicted octanol–water partition coefficient (Wildman–Crippen LogP) is 4.24. The number of hydrogen-bond donors (Lipinski definition) is 1. The summed E-state index contributed by atoms with van der Waals surface area (Å²) in [5, 5.41) is 4.60. The van der Waals surface area contributed by atoms with Gasteiger partial charge in [0.05, 0.1) is 0 Å². The maximum Gasteiger partial charge on any atom is 0.387 e. The minimum absolute atomic E-state index is 0.184. The molecule has 0 fully saturated rings. The number of para-hydroxylation sites is 1. The fourth-order valence-corrected chi connectivity index (χ4v) is 2.51. The highest BCUT2D eigenvalue weighted by molar-refractivity contribution is 5.98. The molecule has 0 unspecified atom stereocenters. The first-order valence-electron chi connectivity index (χ1n) is 8.02. The van der Waals surface area contributed by atoms with Gasteiger partial charge < -0.3 is 14.8 Å². The Balaban J connectivity index is 1.61. The van der Waals surface area contributed by atoms with Crippen LogP contribution in [-0.2, 0) is 9.53 Å². The first-order chi connectivity index (χ1) is 13.0. The Kier molecular flexibility index (Phi) is 5.61. The van der Waals surface area contributed by atoms with Crippen molar-refractivity contribution in [2.75, 3.05) is 11.9 Å². The molecule has 27 heavy (non-hydrogen) atoms. The lowest BCUT2D eigenvalue weighted by atomic mass is 10.1. The summed E-state index contributed by atoms with van der Waals surface area (Å²) in [4.78, 5) is 24.1. The summed E-state index contributed by atoms with van der Waals surface area (Å²) in [6, 6.07) is 18.4. The van der Waals surface area contributed by atoms with Crippen molar-refractivity contribution in [2.45, 2.75) is 6.61 Å². The van der Waals surface area contributed by atoms with Gasteiger partial charge in [-0.25, -0.2) is 4.79 Å². The smallest absolute Gasteiger partial charge is 0.387 e. The standard InChI is InChI=1S/C20H15F2NO4/c21-20(22)27-17-8-4-3-7-16(17)19(25)26-12-18(24)23-15-10-9-13-5-1-2-6-14(13)11-15/h1-11,20H,12H2,(H,23,24). The Labute approximate surface area is 153 Å². The number of esters is 1. The number of rotatable bonds is 6. The lowest BCUT2D eigenvalue weighted by Crippen LogP contribution is -2.21. The van der Waals surface area contributed by atoms with Crippen molar-refractivity contribution in [1.29, 1.82) is 0 Å². The zero-order chi connectivity index (χ0) is 19.2. The number of benzene rings is 3. The van der Waals surface area contributed by atoms with E-state index in [1.165, 1.54) is 24.3 Å². The van der Waals surface area contributed by atoms with Crippen LogP contribution in [0.2, 0.25) is 0 Å². The summed E-state index contributed by atoms with van der Waals surface area (Å²) < 4.78 is 34.0. The first kappa shape index (κ1) is 18.3. The molecule has 3 aromatic rings. The molecule has 5 nitrogen and oxygen atoms in total. The number of anilines is 1. The summed E-state index contributed by atoms with van der Waals surface area (Å²) in [5.74, 6) is -1.79. The van der Waals surface area contributed by atoms with E-state index >= 15 is 0 Å². The van der Waals surface area contributed by atoms with E-state index in [4.69, 9.17) is 4.74 Å². The average Bonchev–Trinajstić information content (AvgIpc) is 2.66. The molecule has 0 heterocycles.